The van der Waals surface area contributed by atoms with E-state index < -0.39 is 11.7 Å². The summed E-state index contributed by atoms with van der Waals surface area (Å²) >= 11 is 0. The monoisotopic (exact) mass is 430 g/mol. The number of hydrogen-bond donors (Lipinski definition) is 2. The van der Waals surface area contributed by atoms with Crippen molar-refractivity contribution in [2.45, 2.75) is 52.4 Å². The van der Waals surface area contributed by atoms with Crippen molar-refractivity contribution in [2.24, 2.45) is 0 Å². The van der Waals surface area contributed by atoms with Crippen LogP contribution >= 0.6 is 0 Å². The SMILES string of the molecule is CC(C)(C)OC(=O)NCc1ccc(CCCNC(=O)COCc2ccc(F)cc2)cc1. The van der Waals surface area contributed by atoms with Crippen LogP contribution in [0.1, 0.15) is 43.9 Å². The zero-order valence-electron chi connectivity index (χ0n) is 18.4. The fraction of sp³-hybridized carbons (Fsp3) is 0.417. The molecule has 0 unspecified atom stereocenters. The Hall–Kier alpha value is -2.93. The third kappa shape index (κ3) is 10.6. The van der Waals surface area contributed by atoms with Crippen molar-refractivity contribution < 1.29 is 23.5 Å². The van der Waals surface area contributed by atoms with Gasteiger partial charge >= 0.3 is 6.09 Å². The zero-order chi connectivity index (χ0) is 22.7. The third-order valence-electron chi connectivity index (χ3n) is 4.24. The number of halogens is 1. The number of aryl methyl sites for hydroxylation is 1. The summed E-state index contributed by atoms with van der Waals surface area (Å²) < 4.78 is 23.4. The molecule has 2 N–H and O–H groups in total. The van der Waals surface area contributed by atoms with Gasteiger partial charge in [0.05, 0.1) is 6.61 Å². The third-order valence-corrected chi connectivity index (χ3v) is 4.24. The van der Waals surface area contributed by atoms with Gasteiger partial charge in [-0.25, -0.2) is 9.18 Å². The first kappa shape index (κ1) is 24.3. The zero-order valence-corrected chi connectivity index (χ0v) is 18.4. The molecule has 0 aliphatic heterocycles. The maximum Gasteiger partial charge on any atom is 0.407 e. The highest BCUT2D eigenvalue weighted by molar-refractivity contribution is 5.77. The second kappa shape index (κ2) is 12.1. The summed E-state index contributed by atoms with van der Waals surface area (Å²) in [6.45, 7) is 6.67. The number of carbonyl (C=O) groups is 2. The molecule has 0 heterocycles. The summed E-state index contributed by atoms with van der Waals surface area (Å²) in [7, 11) is 0. The van der Waals surface area contributed by atoms with E-state index in [4.69, 9.17) is 9.47 Å². The normalized spacial score (nSPS) is 11.1. The van der Waals surface area contributed by atoms with E-state index >= 15 is 0 Å². The lowest BCUT2D eigenvalue weighted by atomic mass is 10.1. The largest absolute Gasteiger partial charge is 0.444 e. The highest BCUT2D eigenvalue weighted by Crippen LogP contribution is 2.09. The predicted octanol–water partition coefficient (Wildman–Crippen LogP) is 4.12. The number of hydrogen-bond acceptors (Lipinski definition) is 4. The van der Waals surface area contributed by atoms with E-state index in [0.29, 0.717) is 13.1 Å². The summed E-state index contributed by atoms with van der Waals surface area (Å²) in [4.78, 5) is 23.5. The molecule has 31 heavy (non-hydrogen) atoms. The summed E-state index contributed by atoms with van der Waals surface area (Å²) in [5.41, 5.74) is 2.45. The lowest BCUT2D eigenvalue weighted by molar-refractivity contribution is -0.126. The Labute approximate surface area is 183 Å². The summed E-state index contributed by atoms with van der Waals surface area (Å²) in [5.74, 6) is -0.473. The van der Waals surface area contributed by atoms with E-state index in [-0.39, 0.29) is 24.9 Å². The molecule has 2 aromatic carbocycles. The second-order valence-corrected chi connectivity index (χ2v) is 8.24. The van der Waals surface area contributed by atoms with E-state index in [1.807, 2.05) is 45.0 Å². The van der Waals surface area contributed by atoms with Crippen LogP contribution in [-0.4, -0.2) is 30.8 Å². The number of amides is 2. The smallest absolute Gasteiger partial charge is 0.407 e. The quantitative estimate of drug-likeness (QED) is 0.556. The van der Waals surface area contributed by atoms with Crippen LogP contribution in [-0.2, 0) is 33.8 Å². The van der Waals surface area contributed by atoms with E-state index in [1.54, 1.807) is 12.1 Å². The van der Waals surface area contributed by atoms with Gasteiger partial charge in [-0.3, -0.25) is 4.79 Å². The van der Waals surface area contributed by atoms with Crippen LogP contribution in [0.25, 0.3) is 0 Å². The minimum atomic E-state index is -0.516. The van der Waals surface area contributed by atoms with Gasteiger partial charge in [-0.2, -0.15) is 0 Å². The lowest BCUT2D eigenvalue weighted by Crippen LogP contribution is -2.32. The van der Waals surface area contributed by atoms with Crippen molar-refractivity contribution in [3.8, 4) is 0 Å². The molecule has 0 saturated carbocycles. The van der Waals surface area contributed by atoms with Crippen molar-refractivity contribution in [3.05, 3.63) is 71.0 Å². The van der Waals surface area contributed by atoms with Crippen LogP contribution in [0.4, 0.5) is 9.18 Å². The Bertz CT molecular complexity index is 830. The maximum absolute atomic E-state index is 12.8. The summed E-state index contributed by atoms with van der Waals surface area (Å²) in [6, 6.07) is 14.0. The lowest BCUT2D eigenvalue weighted by Gasteiger charge is -2.19. The topological polar surface area (TPSA) is 76.7 Å². The molecule has 2 aromatic rings. The molecule has 2 rings (SSSR count). The molecule has 2 amide bonds. The molecule has 7 heteroatoms. The van der Waals surface area contributed by atoms with E-state index in [9.17, 15) is 14.0 Å². The molecule has 0 saturated heterocycles. The Balaban J connectivity index is 1.58. The highest BCUT2D eigenvalue weighted by Gasteiger charge is 2.15. The Morgan fingerprint density at radius 2 is 1.52 bits per heavy atom. The van der Waals surface area contributed by atoms with Crippen LogP contribution in [0.2, 0.25) is 0 Å². The number of ether oxygens (including phenoxy) is 2. The van der Waals surface area contributed by atoms with Crippen LogP contribution in [0, 0.1) is 5.82 Å². The van der Waals surface area contributed by atoms with Crippen LogP contribution < -0.4 is 10.6 Å². The predicted molar refractivity (Wildman–Crippen MR) is 117 cm³/mol. The van der Waals surface area contributed by atoms with Crippen LogP contribution in [0.15, 0.2) is 48.5 Å². The molecule has 168 valence electrons. The minimum Gasteiger partial charge on any atom is -0.444 e. The Morgan fingerprint density at radius 3 is 2.16 bits per heavy atom. The van der Waals surface area contributed by atoms with Gasteiger partial charge in [0.25, 0.3) is 0 Å². The van der Waals surface area contributed by atoms with E-state index in [1.165, 1.54) is 12.1 Å². The van der Waals surface area contributed by atoms with E-state index in [2.05, 4.69) is 10.6 Å². The molecule has 0 aliphatic rings. The van der Waals surface area contributed by atoms with Crippen molar-refractivity contribution in [1.82, 2.24) is 10.6 Å². The maximum atomic E-state index is 12.8. The molecule has 0 fully saturated rings. The molecule has 0 aliphatic carbocycles. The van der Waals surface area contributed by atoms with Crippen LogP contribution in [0.3, 0.4) is 0 Å². The first-order chi connectivity index (χ1) is 14.7. The molecule has 0 spiro atoms. The number of alkyl carbamates (subject to hydrolysis) is 1. The van der Waals surface area contributed by atoms with Gasteiger partial charge in [0.15, 0.2) is 0 Å². The van der Waals surface area contributed by atoms with Gasteiger partial charge in [-0.15, -0.1) is 0 Å². The van der Waals surface area contributed by atoms with Crippen molar-refractivity contribution >= 4 is 12.0 Å². The van der Waals surface area contributed by atoms with Gasteiger partial charge in [-0.05, 0) is 62.4 Å². The van der Waals surface area contributed by atoms with Gasteiger partial charge in [0, 0.05) is 13.1 Å². The molecule has 0 bridgehead atoms. The molecule has 0 atom stereocenters. The number of benzene rings is 2. The van der Waals surface area contributed by atoms with Crippen LogP contribution in [0.5, 0.6) is 0 Å². The minimum absolute atomic E-state index is 0.0310. The highest BCUT2D eigenvalue weighted by atomic mass is 19.1. The first-order valence-electron chi connectivity index (χ1n) is 10.3. The van der Waals surface area contributed by atoms with Crippen molar-refractivity contribution in [1.29, 1.82) is 0 Å². The van der Waals surface area contributed by atoms with Gasteiger partial charge in [-0.1, -0.05) is 36.4 Å². The second-order valence-electron chi connectivity index (χ2n) is 8.24. The average Bonchev–Trinajstić information content (AvgIpc) is 2.71. The molecular weight excluding hydrogens is 399 g/mol. The fourth-order valence-corrected chi connectivity index (χ4v) is 2.73. The average molecular weight is 431 g/mol. The number of rotatable bonds is 10. The summed E-state index contributed by atoms with van der Waals surface area (Å²) in [6.07, 6.45) is 1.20. The number of nitrogens with one attached hydrogen (secondary N) is 2. The molecular formula is C24H31FN2O4. The first-order valence-corrected chi connectivity index (χ1v) is 10.3. The fourth-order valence-electron chi connectivity index (χ4n) is 2.73. The molecule has 0 aromatic heterocycles. The van der Waals surface area contributed by atoms with Crippen molar-refractivity contribution in [3.63, 3.8) is 0 Å². The van der Waals surface area contributed by atoms with Gasteiger partial charge < -0.3 is 20.1 Å². The van der Waals surface area contributed by atoms with Gasteiger partial charge in [0.2, 0.25) is 5.91 Å². The number of carbonyl (C=O) groups excluding carboxylic acids is 2. The Morgan fingerprint density at radius 1 is 0.903 bits per heavy atom. The van der Waals surface area contributed by atoms with Crippen molar-refractivity contribution in [2.75, 3.05) is 13.2 Å². The summed E-state index contributed by atoms with van der Waals surface area (Å²) in [5, 5.41) is 5.56. The van der Waals surface area contributed by atoms with E-state index in [0.717, 1.165) is 29.5 Å². The molecule has 0 radical (unpaired) electrons. The standard InChI is InChI=1S/C24H31FN2O4/c1-24(2,3)31-23(29)27-15-19-8-6-18(7-9-19)5-4-14-26-22(28)17-30-16-20-10-12-21(25)13-11-20/h6-13H,4-5,14-17H2,1-3H3,(H,26,28)(H,27,29). The van der Waals surface area contributed by atoms with Gasteiger partial charge in [0.1, 0.15) is 18.0 Å². The molecule has 6 nitrogen and oxygen atoms in total. The Kier molecular flexibility index (Phi) is 9.46.